The first-order chi connectivity index (χ1) is 8.16. The second-order valence-electron chi connectivity index (χ2n) is 3.51. The number of anilines is 1. The Kier molecular flexibility index (Phi) is 3.49. The van der Waals surface area contributed by atoms with Crippen LogP contribution in [0.15, 0.2) is 41.3 Å². The van der Waals surface area contributed by atoms with E-state index in [2.05, 4.69) is 31.2 Å². The van der Waals surface area contributed by atoms with Gasteiger partial charge in [-0.1, -0.05) is 15.9 Å². The second-order valence-corrected chi connectivity index (χ2v) is 4.42. The molecule has 86 valence electrons. The molecule has 2 aromatic rings. The van der Waals surface area contributed by atoms with Crippen molar-refractivity contribution < 1.29 is 4.79 Å². The number of amides is 1. The second kappa shape index (κ2) is 5.05. The molecule has 1 heterocycles. The quantitative estimate of drug-likeness (QED) is 0.926. The fourth-order valence-electron chi connectivity index (χ4n) is 1.38. The topological polar surface area (TPSA) is 54.9 Å². The molecule has 4 nitrogen and oxygen atoms in total. The minimum atomic E-state index is -0.238. The summed E-state index contributed by atoms with van der Waals surface area (Å²) in [7, 11) is 0. The highest BCUT2D eigenvalue weighted by Crippen LogP contribution is 2.20. The van der Waals surface area contributed by atoms with E-state index in [1.165, 1.54) is 12.5 Å². The number of carbonyl (C=O) groups excluding carboxylic acids is 1. The molecular weight excluding hydrogens is 282 g/mol. The van der Waals surface area contributed by atoms with Crippen LogP contribution in [0.1, 0.15) is 16.1 Å². The molecule has 17 heavy (non-hydrogen) atoms. The number of hydrogen-bond acceptors (Lipinski definition) is 3. The summed E-state index contributed by atoms with van der Waals surface area (Å²) in [6.07, 6.45) is 2.89. The van der Waals surface area contributed by atoms with Gasteiger partial charge in [-0.2, -0.15) is 0 Å². The van der Waals surface area contributed by atoms with Gasteiger partial charge in [-0.25, -0.2) is 9.97 Å². The summed E-state index contributed by atoms with van der Waals surface area (Å²) >= 11 is 3.37. The third kappa shape index (κ3) is 2.88. The molecule has 1 aromatic heterocycles. The van der Waals surface area contributed by atoms with E-state index in [-0.39, 0.29) is 5.91 Å². The third-order valence-corrected chi connectivity index (χ3v) is 2.74. The minimum absolute atomic E-state index is 0.238. The highest BCUT2D eigenvalue weighted by molar-refractivity contribution is 9.10. The van der Waals surface area contributed by atoms with Crippen molar-refractivity contribution in [1.29, 1.82) is 0 Å². The lowest BCUT2D eigenvalue weighted by Crippen LogP contribution is -2.14. The Hall–Kier alpha value is -1.75. The fraction of sp³-hybridized carbons (Fsp3) is 0.0833. The number of rotatable bonds is 2. The van der Waals surface area contributed by atoms with Gasteiger partial charge in [0.2, 0.25) is 0 Å². The Morgan fingerprint density at radius 1 is 1.35 bits per heavy atom. The van der Waals surface area contributed by atoms with E-state index in [0.717, 1.165) is 15.7 Å². The molecule has 0 radical (unpaired) electrons. The third-order valence-electron chi connectivity index (χ3n) is 2.25. The number of carbonyl (C=O) groups is 1. The SMILES string of the molecule is Cc1cc(Br)ccc1NC(=O)c1ccncn1. The van der Waals surface area contributed by atoms with E-state index >= 15 is 0 Å². The van der Waals surface area contributed by atoms with E-state index in [1.807, 2.05) is 25.1 Å². The average molecular weight is 292 g/mol. The Morgan fingerprint density at radius 3 is 2.82 bits per heavy atom. The molecule has 0 aliphatic heterocycles. The van der Waals surface area contributed by atoms with Crippen molar-refractivity contribution in [2.45, 2.75) is 6.92 Å². The first-order valence-electron chi connectivity index (χ1n) is 5.00. The summed E-state index contributed by atoms with van der Waals surface area (Å²) in [6.45, 7) is 1.93. The number of hydrogen-bond donors (Lipinski definition) is 1. The summed E-state index contributed by atoms with van der Waals surface area (Å²) in [4.78, 5) is 19.5. The number of benzene rings is 1. The molecule has 0 aliphatic rings. The molecule has 0 atom stereocenters. The predicted octanol–water partition coefficient (Wildman–Crippen LogP) is 2.80. The highest BCUT2D eigenvalue weighted by Gasteiger charge is 2.08. The molecule has 1 amide bonds. The monoisotopic (exact) mass is 291 g/mol. The van der Waals surface area contributed by atoms with Crippen molar-refractivity contribution in [3.8, 4) is 0 Å². The van der Waals surface area contributed by atoms with Crippen LogP contribution in [0, 0.1) is 6.92 Å². The lowest BCUT2D eigenvalue weighted by atomic mass is 10.2. The molecule has 5 heteroatoms. The van der Waals surface area contributed by atoms with E-state index in [1.54, 1.807) is 6.07 Å². The predicted molar refractivity (Wildman–Crippen MR) is 68.9 cm³/mol. The molecule has 0 saturated carbocycles. The lowest BCUT2D eigenvalue weighted by molar-refractivity contribution is 0.102. The number of aryl methyl sites for hydroxylation is 1. The van der Waals surface area contributed by atoms with Gasteiger partial charge in [0.1, 0.15) is 12.0 Å². The van der Waals surface area contributed by atoms with Crippen molar-refractivity contribution in [2.24, 2.45) is 0 Å². The van der Waals surface area contributed by atoms with Gasteiger partial charge in [0, 0.05) is 16.4 Å². The van der Waals surface area contributed by atoms with Gasteiger partial charge in [0.25, 0.3) is 5.91 Å². The molecule has 0 saturated heterocycles. The van der Waals surface area contributed by atoms with Crippen LogP contribution in [0.3, 0.4) is 0 Å². The van der Waals surface area contributed by atoms with Crippen LogP contribution in [0.2, 0.25) is 0 Å². The van der Waals surface area contributed by atoms with Crippen LogP contribution in [0.4, 0.5) is 5.69 Å². The van der Waals surface area contributed by atoms with Gasteiger partial charge in [0.15, 0.2) is 0 Å². The van der Waals surface area contributed by atoms with Gasteiger partial charge in [-0.3, -0.25) is 4.79 Å². The van der Waals surface area contributed by atoms with Crippen molar-refractivity contribution >= 4 is 27.5 Å². The maximum atomic E-state index is 11.8. The molecule has 0 bridgehead atoms. The van der Waals surface area contributed by atoms with Crippen LogP contribution in [-0.4, -0.2) is 15.9 Å². The van der Waals surface area contributed by atoms with Gasteiger partial charge in [-0.15, -0.1) is 0 Å². The maximum absolute atomic E-state index is 11.8. The Morgan fingerprint density at radius 2 is 2.18 bits per heavy atom. The molecule has 2 rings (SSSR count). The first kappa shape index (κ1) is 11.7. The zero-order valence-corrected chi connectivity index (χ0v) is 10.7. The highest BCUT2D eigenvalue weighted by atomic mass is 79.9. The van der Waals surface area contributed by atoms with Crippen molar-refractivity contribution in [2.75, 3.05) is 5.32 Å². The van der Waals surface area contributed by atoms with Gasteiger partial charge >= 0.3 is 0 Å². The summed E-state index contributed by atoms with van der Waals surface area (Å²) < 4.78 is 0.982. The van der Waals surface area contributed by atoms with Crippen LogP contribution in [0.25, 0.3) is 0 Å². The number of nitrogens with one attached hydrogen (secondary N) is 1. The van der Waals surface area contributed by atoms with Gasteiger partial charge in [-0.05, 0) is 36.8 Å². The molecule has 0 unspecified atom stereocenters. The van der Waals surface area contributed by atoms with E-state index in [0.29, 0.717) is 5.69 Å². The summed E-state index contributed by atoms with van der Waals surface area (Å²) in [6, 6.07) is 7.24. The molecule has 0 fully saturated rings. The summed E-state index contributed by atoms with van der Waals surface area (Å²) in [5.74, 6) is -0.238. The van der Waals surface area contributed by atoms with Gasteiger partial charge in [0.05, 0.1) is 0 Å². The van der Waals surface area contributed by atoms with Gasteiger partial charge < -0.3 is 5.32 Å². The summed E-state index contributed by atoms with van der Waals surface area (Å²) in [5, 5.41) is 2.80. The zero-order valence-electron chi connectivity index (χ0n) is 9.14. The molecule has 1 aromatic carbocycles. The first-order valence-corrected chi connectivity index (χ1v) is 5.79. The average Bonchev–Trinajstić information content (AvgIpc) is 2.34. The molecule has 0 aliphatic carbocycles. The van der Waals surface area contributed by atoms with E-state index < -0.39 is 0 Å². The Balaban J connectivity index is 2.19. The standard InChI is InChI=1S/C12H10BrN3O/c1-8-6-9(13)2-3-10(8)16-12(17)11-4-5-14-7-15-11/h2-7H,1H3,(H,16,17). The van der Waals surface area contributed by atoms with E-state index in [4.69, 9.17) is 0 Å². The van der Waals surface area contributed by atoms with Crippen molar-refractivity contribution in [3.63, 3.8) is 0 Å². The van der Waals surface area contributed by atoms with Crippen LogP contribution in [-0.2, 0) is 0 Å². The number of halogens is 1. The van der Waals surface area contributed by atoms with E-state index in [9.17, 15) is 4.79 Å². The van der Waals surface area contributed by atoms with Crippen LogP contribution in [0.5, 0.6) is 0 Å². The van der Waals surface area contributed by atoms with Crippen molar-refractivity contribution in [1.82, 2.24) is 9.97 Å². The fourth-order valence-corrected chi connectivity index (χ4v) is 1.85. The van der Waals surface area contributed by atoms with Crippen LogP contribution < -0.4 is 5.32 Å². The smallest absolute Gasteiger partial charge is 0.274 e. The molecular formula is C12H10BrN3O. The Bertz CT molecular complexity index is 543. The largest absolute Gasteiger partial charge is 0.320 e. The van der Waals surface area contributed by atoms with Crippen LogP contribution >= 0.6 is 15.9 Å². The zero-order chi connectivity index (χ0) is 12.3. The lowest BCUT2D eigenvalue weighted by Gasteiger charge is -2.07. The van der Waals surface area contributed by atoms with Crippen molar-refractivity contribution in [3.05, 3.63) is 52.5 Å². The normalized spacial score (nSPS) is 10.0. The molecule has 1 N–H and O–H groups in total. The summed E-state index contributed by atoms with van der Waals surface area (Å²) in [5.41, 5.74) is 2.11. The minimum Gasteiger partial charge on any atom is -0.320 e. The number of aromatic nitrogens is 2. The maximum Gasteiger partial charge on any atom is 0.274 e. The Labute approximate surface area is 107 Å². The number of nitrogens with zero attached hydrogens (tertiary/aromatic N) is 2. The molecule has 0 spiro atoms.